The summed E-state index contributed by atoms with van der Waals surface area (Å²) in [6, 6.07) is 13.1. The van der Waals surface area contributed by atoms with E-state index in [2.05, 4.69) is 10.6 Å². The summed E-state index contributed by atoms with van der Waals surface area (Å²) < 4.78 is 22.7. The van der Waals surface area contributed by atoms with Crippen LogP contribution in [-0.4, -0.2) is 20.9 Å². The molecule has 8 heteroatoms. The van der Waals surface area contributed by atoms with Crippen molar-refractivity contribution in [1.82, 2.24) is 5.32 Å². The molecule has 2 aromatic carbocycles. The van der Waals surface area contributed by atoms with Gasteiger partial charge >= 0.3 is 0 Å². The van der Waals surface area contributed by atoms with Crippen molar-refractivity contribution in [3.8, 4) is 6.07 Å². The van der Waals surface area contributed by atoms with Crippen LogP contribution < -0.4 is 15.8 Å². The Bertz CT molecular complexity index is 933. The van der Waals surface area contributed by atoms with Crippen molar-refractivity contribution in [2.75, 3.05) is 11.9 Å². The highest BCUT2D eigenvalue weighted by atomic mass is 32.2. The minimum atomic E-state index is -3.86. The molecule has 0 aliphatic carbocycles. The van der Waals surface area contributed by atoms with Gasteiger partial charge in [0, 0.05) is 18.7 Å². The molecule has 2 rings (SSSR count). The summed E-state index contributed by atoms with van der Waals surface area (Å²) in [4.78, 5) is 11.7. The molecule has 0 spiro atoms. The normalized spacial score (nSPS) is 10.8. The fraction of sp³-hybridized carbons (Fsp3) is 0.176. The van der Waals surface area contributed by atoms with Crippen molar-refractivity contribution in [1.29, 1.82) is 5.26 Å². The van der Waals surface area contributed by atoms with Crippen LogP contribution >= 0.6 is 0 Å². The Balaban J connectivity index is 2.18. The van der Waals surface area contributed by atoms with E-state index in [1.807, 2.05) is 19.1 Å². The van der Waals surface area contributed by atoms with E-state index in [-0.39, 0.29) is 16.4 Å². The topological polar surface area (TPSA) is 125 Å². The number of amides is 1. The van der Waals surface area contributed by atoms with E-state index in [0.29, 0.717) is 24.3 Å². The molecule has 7 nitrogen and oxygen atoms in total. The van der Waals surface area contributed by atoms with E-state index in [0.717, 1.165) is 5.56 Å². The molecule has 25 heavy (non-hydrogen) atoms. The Kier molecular flexibility index (Phi) is 5.75. The highest BCUT2D eigenvalue weighted by molar-refractivity contribution is 7.89. The van der Waals surface area contributed by atoms with Gasteiger partial charge in [0.15, 0.2) is 0 Å². The van der Waals surface area contributed by atoms with Gasteiger partial charge < -0.3 is 10.6 Å². The van der Waals surface area contributed by atoms with Gasteiger partial charge in [-0.3, -0.25) is 4.79 Å². The maximum Gasteiger partial charge on any atom is 0.251 e. The van der Waals surface area contributed by atoms with Gasteiger partial charge in [-0.05, 0) is 42.8 Å². The first kappa shape index (κ1) is 18.4. The fourth-order valence-corrected chi connectivity index (χ4v) is 2.77. The number of nitriles is 1. The average Bonchev–Trinajstić information content (AvgIpc) is 2.59. The average molecular weight is 358 g/mol. The minimum absolute atomic E-state index is 0.118. The third-order valence-corrected chi connectivity index (χ3v) is 4.36. The zero-order chi connectivity index (χ0) is 18.4. The van der Waals surface area contributed by atoms with Gasteiger partial charge in [-0.2, -0.15) is 5.26 Å². The second kappa shape index (κ2) is 7.79. The zero-order valence-corrected chi connectivity index (χ0v) is 14.4. The van der Waals surface area contributed by atoms with E-state index in [1.165, 1.54) is 18.2 Å². The molecule has 0 heterocycles. The first-order valence-electron chi connectivity index (χ1n) is 7.53. The standard InChI is InChI=1S/C17H18N4O3S/c1-2-20-17(22)13-5-3-4-12(8-13)11-21-16-7-6-15(25(19,23)24)9-14(16)10-18/h3-9,21H,2,11H2,1H3,(H,20,22)(H2,19,23,24). The van der Waals surface area contributed by atoms with Gasteiger partial charge in [0.1, 0.15) is 6.07 Å². The van der Waals surface area contributed by atoms with E-state index in [9.17, 15) is 18.5 Å². The number of primary sulfonamides is 1. The molecule has 0 radical (unpaired) electrons. The second-order valence-corrected chi connectivity index (χ2v) is 6.84. The molecule has 0 aliphatic rings. The minimum Gasteiger partial charge on any atom is -0.380 e. The fourth-order valence-electron chi connectivity index (χ4n) is 2.23. The molecule has 0 aliphatic heterocycles. The third-order valence-electron chi connectivity index (χ3n) is 3.45. The number of anilines is 1. The number of hydrogen-bond donors (Lipinski definition) is 3. The number of hydrogen-bond acceptors (Lipinski definition) is 5. The SMILES string of the molecule is CCNC(=O)c1cccc(CNc2ccc(S(N)(=O)=O)cc2C#N)c1. The summed E-state index contributed by atoms with van der Waals surface area (Å²) >= 11 is 0. The van der Waals surface area contributed by atoms with Crippen LogP contribution in [0.2, 0.25) is 0 Å². The van der Waals surface area contributed by atoms with E-state index in [1.54, 1.807) is 18.2 Å². The molecule has 4 N–H and O–H groups in total. The molecule has 0 unspecified atom stereocenters. The summed E-state index contributed by atoms with van der Waals surface area (Å²) in [6.45, 7) is 2.76. The Morgan fingerprint density at radius 1 is 1.24 bits per heavy atom. The molecular weight excluding hydrogens is 340 g/mol. The lowest BCUT2D eigenvalue weighted by Gasteiger charge is -2.10. The molecule has 1 amide bonds. The quantitative estimate of drug-likeness (QED) is 0.723. The van der Waals surface area contributed by atoms with Crippen LogP contribution in [0.4, 0.5) is 5.69 Å². The molecule has 0 aromatic heterocycles. The van der Waals surface area contributed by atoms with Gasteiger partial charge in [-0.15, -0.1) is 0 Å². The molecule has 0 atom stereocenters. The van der Waals surface area contributed by atoms with Crippen LogP contribution in [0.15, 0.2) is 47.4 Å². The van der Waals surface area contributed by atoms with E-state index < -0.39 is 10.0 Å². The number of nitrogens with two attached hydrogens (primary N) is 1. The zero-order valence-electron chi connectivity index (χ0n) is 13.6. The summed E-state index contributed by atoms with van der Waals surface area (Å²) in [5, 5.41) is 20.1. The van der Waals surface area contributed by atoms with Crippen LogP contribution in [0.5, 0.6) is 0 Å². The molecular formula is C17H18N4O3S. The number of rotatable bonds is 6. The van der Waals surface area contributed by atoms with Crippen molar-refractivity contribution in [2.45, 2.75) is 18.4 Å². The Morgan fingerprint density at radius 3 is 2.64 bits per heavy atom. The summed E-state index contributed by atoms with van der Waals surface area (Å²) in [5.74, 6) is -0.153. The molecule has 0 bridgehead atoms. The maximum absolute atomic E-state index is 11.9. The van der Waals surface area contributed by atoms with Gasteiger partial charge in [0.05, 0.1) is 16.1 Å². The highest BCUT2D eigenvalue weighted by Gasteiger charge is 2.11. The number of nitrogens with one attached hydrogen (secondary N) is 2. The van der Waals surface area contributed by atoms with Crippen molar-refractivity contribution < 1.29 is 13.2 Å². The van der Waals surface area contributed by atoms with Crippen LogP contribution in [0.1, 0.15) is 28.4 Å². The van der Waals surface area contributed by atoms with E-state index in [4.69, 9.17) is 5.14 Å². The summed E-state index contributed by atoms with van der Waals surface area (Å²) in [6.07, 6.45) is 0. The van der Waals surface area contributed by atoms with Gasteiger partial charge in [0.25, 0.3) is 5.91 Å². The summed E-state index contributed by atoms with van der Waals surface area (Å²) in [5.41, 5.74) is 2.05. The van der Waals surface area contributed by atoms with Gasteiger partial charge in [0.2, 0.25) is 10.0 Å². The van der Waals surface area contributed by atoms with Crippen molar-refractivity contribution >= 4 is 21.6 Å². The summed E-state index contributed by atoms with van der Waals surface area (Å²) in [7, 11) is -3.86. The second-order valence-electron chi connectivity index (χ2n) is 5.28. The number of benzene rings is 2. The van der Waals surface area contributed by atoms with Crippen LogP contribution in [0.3, 0.4) is 0 Å². The monoisotopic (exact) mass is 358 g/mol. The predicted molar refractivity (Wildman–Crippen MR) is 94.3 cm³/mol. The molecule has 0 fully saturated rings. The maximum atomic E-state index is 11.9. The smallest absolute Gasteiger partial charge is 0.251 e. The molecule has 2 aromatic rings. The number of carbonyl (C=O) groups excluding carboxylic acids is 1. The van der Waals surface area contributed by atoms with Gasteiger partial charge in [-0.25, -0.2) is 13.6 Å². The number of sulfonamides is 1. The first-order valence-corrected chi connectivity index (χ1v) is 9.07. The van der Waals surface area contributed by atoms with Crippen LogP contribution in [0, 0.1) is 11.3 Å². The largest absolute Gasteiger partial charge is 0.380 e. The van der Waals surface area contributed by atoms with Crippen LogP contribution in [-0.2, 0) is 16.6 Å². The Morgan fingerprint density at radius 2 is 2.00 bits per heavy atom. The number of nitrogens with zero attached hydrogens (tertiary/aromatic N) is 1. The lowest BCUT2D eigenvalue weighted by Crippen LogP contribution is -2.22. The molecule has 0 saturated carbocycles. The van der Waals surface area contributed by atoms with Crippen molar-refractivity contribution in [2.24, 2.45) is 5.14 Å². The molecule has 0 saturated heterocycles. The Labute approximate surface area is 146 Å². The first-order chi connectivity index (χ1) is 11.8. The predicted octanol–water partition coefficient (Wildman–Crippen LogP) is 1.57. The van der Waals surface area contributed by atoms with Crippen LogP contribution in [0.25, 0.3) is 0 Å². The van der Waals surface area contributed by atoms with Crippen molar-refractivity contribution in [3.05, 3.63) is 59.2 Å². The third kappa shape index (κ3) is 4.79. The Hall–Kier alpha value is -2.89. The van der Waals surface area contributed by atoms with Crippen molar-refractivity contribution in [3.63, 3.8) is 0 Å². The highest BCUT2D eigenvalue weighted by Crippen LogP contribution is 2.20. The van der Waals surface area contributed by atoms with E-state index >= 15 is 0 Å². The molecule has 130 valence electrons. The number of carbonyl (C=O) groups is 1. The van der Waals surface area contributed by atoms with Gasteiger partial charge in [-0.1, -0.05) is 12.1 Å². The lowest BCUT2D eigenvalue weighted by molar-refractivity contribution is 0.0955. The lowest BCUT2D eigenvalue weighted by atomic mass is 10.1.